The minimum absolute atomic E-state index is 0.571. The van der Waals surface area contributed by atoms with Crippen molar-refractivity contribution in [3.05, 3.63) is 60.2 Å². The molecule has 0 spiro atoms. The van der Waals surface area contributed by atoms with Gasteiger partial charge in [0.2, 0.25) is 0 Å². The molecular formula is C18H26N2. The Morgan fingerprint density at radius 1 is 0.800 bits per heavy atom. The summed E-state index contributed by atoms with van der Waals surface area (Å²) in [6.07, 6.45) is 1.20. The van der Waals surface area contributed by atoms with E-state index in [1.807, 2.05) is 42.5 Å². The second kappa shape index (κ2) is 8.26. The van der Waals surface area contributed by atoms with Crippen LogP contribution in [0.5, 0.6) is 0 Å². The minimum atomic E-state index is 0.571. The molecule has 0 saturated carbocycles. The van der Waals surface area contributed by atoms with E-state index in [4.69, 9.17) is 11.5 Å². The zero-order chi connectivity index (χ0) is 15.0. The normalized spacial score (nSPS) is 11.6. The number of hydrogen-bond donors (Lipinski definition) is 2. The summed E-state index contributed by atoms with van der Waals surface area (Å²) >= 11 is 0. The second-order valence-corrected chi connectivity index (χ2v) is 5.57. The quantitative estimate of drug-likeness (QED) is 0.795. The molecule has 1 unspecified atom stereocenters. The Morgan fingerprint density at radius 3 is 1.80 bits per heavy atom. The molecule has 0 amide bonds. The van der Waals surface area contributed by atoms with Crippen LogP contribution >= 0.6 is 0 Å². The summed E-state index contributed by atoms with van der Waals surface area (Å²) in [5.41, 5.74) is 14.3. The molecule has 1 atom stereocenters. The van der Waals surface area contributed by atoms with Gasteiger partial charge in [0.05, 0.1) is 0 Å². The summed E-state index contributed by atoms with van der Waals surface area (Å²) in [5.74, 6) is 1.30. The van der Waals surface area contributed by atoms with E-state index < -0.39 is 0 Å². The molecule has 2 rings (SSSR count). The third kappa shape index (κ3) is 5.79. The highest BCUT2D eigenvalue weighted by molar-refractivity contribution is 5.48. The minimum Gasteiger partial charge on any atom is -0.399 e. The number of para-hydroxylation sites is 2. The van der Waals surface area contributed by atoms with Crippen molar-refractivity contribution in [2.45, 2.75) is 33.1 Å². The summed E-state index contributed by atoms with van der Waals surface area (Å²) in [7, 11) is 0. The first-order valence-electron chi connectivity index (χ1n) is 7.15. The van der Waals surface area contributed by atoms with Gasteiger partial charge < -0.3 is 11.5 Å². The van der Waals surface area contributed by atoms with Gasteiger partial charge in [-0.1, -0.05) is 57.2 Å². The maximum atomic E-state index is 5.90. The van der Waals surface area contributed by atoms with Gasteiger partial charge in [-0.3, -0.25) is 0 Å². The van der Waals surface area contributed by atoms with Crippen molar-refractivity contribution in [1.82, 2.24) is 0 Å². The third-order valence-electron chi connectivity index (χ3n) is 3.15. The average molecular weight is 270 g/mol. The molecule has 108 valence electrons. The van der Waals surface area contributed by atoms with Crippen molar-refractivity contribution in [2.75, 3.05) is 11.5 Å². The van der Waals surface area contributed by atoms with Crippen LogP contribution in [-0.4, -0.2) is 0 Å². The zero-order valence-electron chi connectivity index (χ0n) is 12.7. The van der Waals surface area contributed by atoms with Crippen molar-refractivity contribution in [3.63, 3.8) is 0 Å². The molecule has 2 aromatic rings. The molecule has 2 aromatic carbocycles. The predicted octanol–water partition coefficient (Wildman–Crippen LogP) is 4.69. The Balaban J connectivity index is 0.000000240. The topological polar surface area (TPSA) is 52.0 Å². The molecule has 0 fully saturated rings. The maximum Gasteiger partial charge on any atom is 0.0349 e. The number of nitrogen functional groups attached to an aromatic ring is 2. The Labute approximate surface area is 122 Å². The van der Waals surface area contributed by atoms with E-state index in [0.29, 0.717) is 5.92 Å². The molecule has 0 radical (unpaired) electrons. The first-order chi connectivity index (χ1) is 9.50. The lowest BCUT2D eigenvalue weighted by atomic mass is 9.91. The van der Waals surface area contributed by atoms with Gasteiger partial charge in [0.15, 0.2) is 0 Å². The van der Waals surface area contributed by atoms with E-state index in [1.165, 1.54) is 12.0 Å². The van der Waals surface area contributed by atoms with Crippen LogP contribution in [0.2, 0.25) is 0 Å². The predicted molar refractivity (Wildman–Crippen MR) is 89.6 cm³/mol. The SMILES string of the molecule is CC(C)CC(C)c1ccccc1N.Nc1ccccc1. The monoisotopic (exact) mass is 270 g/mol. The first kappa shape index (κ1) is 16.1. The molecular weight excluding hydrogens is 244 g/mol. The Morgan fingerprint density at radius 2 is 1.35 bits per heavy atom. The first-order valence-corrected chi connectivity index (χ1v) is 7.15. The Hall–Kier alpha value is -1.96. The summed E-state index contributed by atoms with van der Waals surface area (Å²) < 4.78 is 0. The number of nitrogens with two attached hydrogens (primary N) is 2. The van der Waals surface area contributed by atoms with E-state index in [2.05, 4.69) is 32.9 Å². The highest BCUT2D eigenvalue weighted by Gasteiger charge is 2.09. The molecule has 0 aliphatic rings. The van der Waals surface area contributed by atoms with Gasteiger partial charge in [-0.2, -0.15) is 0 Å². The molecule has 0 aliphatic heterocycles. The van der Waals surface area contributed by atoms with Crippen LogP contribution in [-0.2, 0) is 0 Å². The van der Waals surface area contributed by atoms with Crippen molar-refractivity contribution in [1.29, 1.82) is 0 Å². The number of hydrogen-bond acceptors (Lipinski definition) is 2. The van der Waals surface area contributed by atoms with Gasteiger partial charge >= 0.3 is 0 Å². The number of anilines is 2. The average Bonchev–Trinajstić information content (AvgIpc) is 2.40. The van der Waals surface area contributed by atoms with E-state index >= 15 is 0 Å². The molecule has 0 aromatic heterocycles. The molecule has 2 heteroatoms. The highest BCUT2D eigenvalue weighted by atomic mass is 14.6. The highest BCUT2D eigenvalue weighted by Crippen LogP contribution is 2.27. The van der Waals surface area contributed by atoms with Crippen LogP contribution in [0.15, 0.2) is 54.6 Å². The lowest BCUT2D eigenvalue weighted by molar-refractivity contribution is 0.524. The smallest absolute Gasteiger partial charge is 0.0349 e. The summed E-state index contributed by atoms with van der Waals surface area (Å²) in [6.45, 7) is 6.73. The van der Waals surface area contributed by atoms with Crippen LogP contribution < -0.4 is 11.5 Å². The van der Waals surface area contributed by atoms with Gasteiger partial charge in [0.25, 0.3) is 0 Å². The number of benzene rings is 2. The van der Waals surface area contributed by atoms with Crippen LogP contribution in [0.25, 0.3) is 0 Å². The van der Waals surface area contributed by atoms with Crippen molar-refractivity contribution in [3.8, 4) is 0 Å². The van der Waals surface area contributed by atoms with Gasteiger partial charge in [0, 0.05) is 11.4 Å². The molecule has 4 N–H and O–H groups in total. The fraction of sp³-hybridized carbons (Fsp3) is 0.333. The summed E-state index contributed by atoms with van der Waals surface area (Å²) in [4.78, 5) is 0. The molecule has 0 heterocycles. The van der Waals surface area contributed by atoms with Crippen LogP contribution in [0.4, 0.5) is 11.4 Å². The van der Waals surface area contributed by atoms with Crippen LogP contribution in [0.3, 0.4) is 0 Å². The number of rotatable bonds is 3. The van der Waals surface area contributed by atoms with Gasteiger partial charge in [-0.05, 0) is 42.0 Å². The van der Waals surface area contributed by atoms with Crippen molar-refractivity contribution >= 4 is 11.4 Å². The standard InChI is InChI=1S/C12H19N.C6H7N/c1-9(2)8-10(3)11-6-4-5-7-12(11)13;7-6-4-2-1-3-5-6/h4-7,9-10H,8,13H2,1-3H3;1-5H,7H2. The zero-order valence-corrected chi connectivity index (χ0v) is 12.7. The lowest BCUT2D eigenvalue weighted by Gasteiger charge is -2.16. The van der Waals surface area contributed by atoms with E-state index in [0.717, 1.165) is 17.3 Å². The molecule has 2 nitrogen and oxygen atoms in total. The second-order valence-electron chi connectivity index (χ2n) is 5.57. The van der Waals surface area contributed by atoms with E-state index in [-0.39, 0.29) is 0 Å². The van der Waals surface area contributed by atoms with Gasteiger partial charge in [-0.25, -0.2) is 0 Å². The van der Waals surface area contributed by atoms with E-state index in [1.54, 1.807) is 0 Å². The molecule has 0 bridgehead atoms. The van der Waals surface area contributed by atoms with Crippen molar-refractivity contribution < 1.29 is 0 Å². The van der Waals surface area contributed by atoms with Crippen LogP contribution in [0.1, 0.15) is 38.7 Å². The maximum absolute atomic E-state index is 5.90. The van der Waals surface area contributed by atoms with Gasteiger partial charge in [-0.15, -0.1) is 0 Å². The van der Waals surface area contributed by atoms with E-state index in [9.17, 15) is 0 Å². The molecule has 0 saturated heterocycles. The third-order valence-corrected chi connectivity index (χ3v) is 3.15. The Kier molecular flexibility index (Phi) is 6.65. The fourth-order valence-corrected chi connectivity index (χ4v) is 2.25. The van der Waals surface area contributed by atoms with Crippen molar-refractivity contribution in [2.24, 2.45) is 5.92 Å². The Bertz CT molecular complexity index is 492. The molecule has 20 heavy (non-hydrogen) atoms. The summed E-state index contributed by atoms with van der Waals surface area (Å²) in [6, 6.07) is 17.6. The fourth-order valence-electron chi connectivity index (χ4n) is 2.25. The molecule has 0 aliphatic carbocycles. The van der Waals surface area contributed by atoms with Crippen LogP contribution in [0, 0.1) is 5.92 Å². The lowest BCUT2D eigenvalue weighted by Crippen LogP contribution is -2.02. The largest absolute Gasteiger partial charge is 0.399 e. The summed E-state index contributed by atoms with van der Waals surface area (Å²) in [5, 5.41) is 0. The van der Waals surface area contributed by atoms with Gasteiger partial charge in [0.1, 0.15) is 0 Å².